The number of hydrogen-bond acceptors (Lipinski definition) is 6. The van der Waals surface area contributed by atoms with E-state index in [2.05, 4.69) is 20.2 Å². The molecule has 2 aliphatic heterocycles. The lowest BCUT2D eigenvalue weighted by Gasteiger charge is -2.39. The molecule has 4 rings (SSSR count). The maximum Gasteiger partial charge on any atom is 0.258 e. The molecule has 3 heterocycles. The van der Waals surface area contributed by atoms with E-state index < -0.39 is 6.10 Å². The molecule has 0 aliphatic carbocycles. The maximum atomic E-state index is 12.9. The Balaban J connectivity index is 1.45. The van der Waals surface area contributed by atoms with Crippen LogP contribution in [0.2, 0.25) is 0 Å². The van der Waals surface area contributed by atoms with Crippen molar-refractivity contribution in [2.24, 2.45) is 0 Å². The van der Waals surface area contributed by atoms with Crippen molar-refractivity contribution in [1.29, 1.82) is 0 Å². The first kappa shape index (κ1) is 18.1. The van der Waals surface area contributed by atoms with Gasteiger partial charge in [0, 0.05) is 38.8 Å². The van der Waals surface area contributed by atoms with Crippen molar-refractivity contribution in [3.63, 3.8) is 0 Å². The van der Waals surface area contributed by atoms with Crippen LogP contribution in [-0.2, 0) is 16.1 Å². The number of piperazine rings is 1. The number of aromatic amines is 1. The topological polar surface area (TPSA) is 90.6 Å². The molecule has 0 radical (unpaired) electrons. The molecule has 27 heavy (non-hydrogen) atoms. The van der Waals surface area contributed by atoms with Crippen LogP contribution in [0.1, 0.15) is 12.7 Å². The first-order chi connectivity index (χ1) is 13.1. The molecule has 2 fully saturated rings. The smallest absolute Gasteiger partial charge is 0.258 e. The number of hydrogen-bond donors (Lipinski definition) is 2. The van der Waals surface area contributed by atoms with Crippen LogP contribution in [0.15, 0.2) is 29.1 Å². The summed E-state index contributed by atoms with van der Waals surface area (Å²) in [6.07, 6.45) is -0.466. The number of rotatable bonds is 3. The number of carbonyl (C=O) groups is 1. The molecule has 8 heteroatoms. The second-order valence-electron chi connectivity index (χ2n) is 7.21. The summed E-state index contributed by atoms with van der Waals surface area (Å²) in [7, 11) is 0. The first-order valence-electron chi connectivity index (χ1n) is 9.45. The molecule has 2 saturated heterocycles. The van der Waals surface area contributed by atoms with Crippen LogP contribution in [0.3, 0.4) is 0 Å². The summed E-state index contributed by atoms with van der Waals surface area (Å²) in [6.45, 7) is 6.58. The summed E-state index contributed by atoms with van der Waals surface area (Å²) in [5, 5.41) is 3.88. The lowest BCUT2D eigenvalue weighted by atomic mass is 10.1. The molecular weight excluding hydrogens is 346 g/mol. The van der Waals surface area contributed by atoms with Gasteiger partial charge in [-0.1, -0.05) is 12.1 Å². The highest BCUT2D eigenvalue weighted by Gasteiger charge is 2.33. The van der Waals surface area contributed by atoms with E-state index in [1.165, 1.54) is 0 Å². The number of amides is 1. The number of morpholine rings is 1. The summed E-state index contributed by atoms with van der Waals surface area (Å²) in [5.41, 5.74) is 0.554. The van der Waals surface area contributed by atoms with Gasteiger partial charge in [0.1, 0.15) is 11.9 Å². The highest BCUT2D eigenvalue weighted by atomic mass is 16.5. The zero-order valence-electron chi connectivity index (χ0n) is 15.5. The maximum absolute atomic E-state index is 12.9. The third-order valence-corrected chi connectivity index (χ3v) is 5.25. The largest absolute Gasteiger partial charge is 0.366 e. The summed E-state index contributed by atoms with van der Waals surface area (Å²) < 4.78 is 5.76. The van der Waals surface area contributed by atoms with Crippen LogP contribution in [0.4, 0.5) is 0 Å². The van der Waals surface area contributed by atoms with Crippen LogP contribution in [0, 0.1) is 0 Å². The molecule has 2 atom stereocenters. The summed E-state index contributed by atoms with van der Waals surface area (Å²) >= 11 is 0. The first-order valence-corrected chi connectivity index (χ1v) is 9.45. The molecule has 144 valence electrons. The van der Waals surface area contributed by atoms with Crippen molar-refractivity contribution in [3.8, 4) is 0 Å². The van der Waals surface area contributed by atoms with Crippen LogP contribution in [0.25, 0.3) is 10.9 Å². The lowest BCUT2D eigenvalue weighted by Crippen LogP contribution is -2.58. The standard InChI is InChI=1S/C19H25N5O3/c1-13-10-20-6-7-24(13)19(26)16-11-23(8-9-27-16)12-17-21-15-5-3-2-4-14(15)18(25)22-17/h2-5,13,16,20H,6-12H2,1H3,(H,21,22,25)/t13-,16+/m0/s1. The minimum atomic E-state index is -0.466. The van der Waals surface area contributed by atoms with E-state index in [9.17, 15) is 9.59 Å². The third kappa shape index (κ3) is 3.87. The monoisotopic (exact) mass is 371 g/mol. The van der Waals surface area contributed by atoms with Crippen molar-refractivity contribution in [1.82, 2.24) is 25.1 Å². The number of H-pyrrole nitrogens is 1. The Morgan fingerprint density at radius 1 is 1.33 bits per heavy atom. The quantitative estimate of drug-likeness (QED) is 0.786. The highest BCUT2D eigenvalue weighted by molar-refractivity contribution is 5.81. The van der Waals surface area contributed by atoms with E-state index in [1.54, 1.807) is 6.07 Å². The van der Waals surface area contributed by atoms with Gasteiger partial charge < -0.3 is 19.9 Å². The van der Waals surface area contributed by atoms with Gasteiger partial charge in [0.25, 0.3) is 11.5 Å². The Bertz CT molecular complexity index is 883. The van der Waals surface area contributed by atoms with Gasteiger partial charge in [-0.2, -0.15) is 0 Å². The van der Waals surface area contributed by atoms with Gasteiger partial charge in [-0.15, -0.1) is 0 Å². The van der Waals surface area contributed by atoms with Crippen molar-refractivity contribution < 1.29 is 9.53 Å². The molecule has 2 aliphatic rings. The van der Waals surface area contributed by atoms with Gasteiger partial charge in [-0.3, -0.25) is 14.5 Å². The van der Waals surface area contributed by atoms with Gasteiger partial charge in [-0.05, 0) is 19.1 Å². The summed E-state index contributed by atoms with van der Waals surface area (Å²) in [5.74, 6) is 0.663. The molecular formula is C19H25N5O3. The van der Waals surface area contributed by atoms with Gasteiger partial charge in [0.2, 0.25) is 0 Å². The summed E-state index contributed by atoms with van der Waals surface area (Å²) in [4.78, 5) is 36.6. The average molecular weight is 371 g/mol. The highest BCUT2D eigenvalue weighted by Crippen LogP contribution is 2.14. The minimum Gasteiger partial charge on any atom is -0.366 e. The average Bonchev–Trinajstić information content (AvgIpc) is 2.68. The minimum absolute atomic E-state index is 0.0497. The number of fused-ring (bicyclic) bond motifs is 1. The van der Waals surface area contributed by atoms with Gasteiger partial charge in [0.05, 0.1) is 24.1 Å². The fraction of sp³-hybridized carbons (Fsp3) is 0.526. The molecule has 0 saturated carbocycles. The zero-order chi connectivity index (χ0) is 18.8. The molecule has 0 unspecified atom stereocenters. The fourth-order valence-electron chi connectivity index (χ4n) is 3.77. The number of ether oxygens (including phenoxy) is 1. The Labute approximate surface area is 157 Å². The van der Waals surface area contributed by atoms with E-state index >= 15 is 0 Å². The number of nitrogens with one attached hydrogen (secondary N) is 2. The molecule has 1 aromatic carbocycles. The Kier molecular flexibility index (Phi) is 5.20. The second kappa shape index (κ2) is 7.75. The van der Waals surface area contributed by atoms with E-state index in [-0.39, 0.29) is 17.5 Å². The predicted octanol–water partition coefficient (Wildman–Crippen LogP) is -0.0558. The third-order valence-electron chi connectivity index (χ3n) is 5.25. The molecule has 1 amide bonds. The van der Waals surface area contributed by atoms with Gasteiger partial charge in [-0.25, -0.2) is 4.98 Å². The van der Waals surface area contributed by atoms with E-state index in [0.717, 1.165) is 13.1 Å². The molecule has 1 aromatic heterocycles. The van der Waals surface area contributed by atoms with Crippen LogP contribution in [-0.4, -0.2) is 77.2 Å². The van der Waals surface area contributed by atoms with Crippen LogP contribution < -0.4 is 10.9 Å². The molecule has 0 spiro atoms. The molecule has 8 nitrogen and oxygen atoms in total. The van der Waals surface area contributed by atoms with Crippen LogP contribution in [0.5, 0.6) is 0 Å². The van der Waals surface area contributed by atoms with Crippen molar-refractivity contribution >= 4 is 16.8 Å². The van der Waals surface area contributed by atoms with Crippen LogP contribution >= 0.6 is 0 Å². The number of carbonyl (C=O) groups excluding carboxylic acids is 1. The van der Waals surface area contributed by atoms with Crippen molar-refractivity contribution in [2.45, 2.75) is 25.6 Å². The molecule has 0 bridgehead atoms. The lowest BCUT2D eigenvalue weighted by molar-refractivity contribution is -0.152. The number of benzene rings is 1. The number of aromatic nitrogens is 2. The SMILES string of the molecule is C[C@H]1CNCCN1C(=O)[C@H]1CN(Cc2nc3ccccc3c(=O)[nH]2)CCO1. The Morgan fingerprint density at radius 2 is 2.19 bits per heavy atom. The second-order valence-corrected chi connectivity index (χ2v) is 7.21. The van der Waals surface area contributed by atoms with Gasteiger partial charge in [0.15, 0.2) is 0 Å². The fourth-order valence-corrected chi connectivity index (χ4v) is 3.77. The van der Waals surface area contributed by atoms with Crippen molar-refractivity contribution in [3.05, 3.63) is 40.4 Å². The van der Waals surface area contributed by atoms with E-state index in [1.807, 2.05) is 30.0 Å². The number of nitrogens with zero attached hydrogens (tertiary/aromatic N) is 3. The molecule has 2 N–H and O–H groups in total. The number of para-hydroxylation sites is 1. The Hall–Kier alpha value is -2.29. The zero-order valence-corrected chi connectivity index (χ0v) is 15.5. The summed E-state index contributed by atoms with van der Waals surface area (Å²) in [6, 6.07) is 7.48. The Morgan fingerprint density at radius 3 is 3.04 bits per heavy atom. The normalized spacial score (nSPS) is 24.3. The van der Waals surface area contributed by atoms with Crippen molar-refractivity contribution in [2.75, 3.05) is 39.3 Å². The predicted molar refractivity (Wildman–Crippen MR) is 101 cm³/mol. The molecule has 2 aromatic rings. The van der Waals surface area contributed by atoms with E-state index in [4.69, 9.17) is 4.74 Å². The van der Waals surface area contributed by atoms with E-state index in [0.29, 0.717) is 49.5 Å². The van der Waals surface area contributed by atoms with Gasteiger partial charge >= 0.3 is 0 Å².